The molecule has 146 valence electrons. The number of amides is 3. The van der Waals surface area contributed by atoms with Crippen molar-refractivity contribution in [2.45, 2.75) is 37.2 Å². The first-order chi connectivity index (χ1) is 12.7. The van der Waals surface area contributed by atoms with Crippen LogP contribution in [0.5, 0.6) is 0 Å². The quantitative estimate of drug-likeness (QED) is 0.423. The normalized spacial score (nSPS) is 11.2. The fourth-order valence-electron chi connectivity index (χ4n) is 2.30. The van der Waals surface area contributed by atoms with Gasteiger partial charge in [0.05, 0.1) is 5.69 Å². The number of rotatable bonds is 5. The third-order valence-electron chi connectivity index (χ3n) is 3.86. The molecular formula is C18H23ClIN5O2. The van der Waals surface area contributed by atoms with E-state index in [1.165, 1.54) is 4.68 Å². The fraction of sp³-hybridized carbons (Fsp3) is 0.389. The average Bonchev–Trinajstić information content (AvgIpc) is 2.97. The van der Waals surface area contributed by atoms with E-state index in [-0.39, 0.29) is 17.9 Å². The van der Waals surface area contributed by atoms with Crippen LogP contribution in [0.25, 0.3) is 0 Å². The summed E-state index contributed by atoms with van der Waals surface area (Å²) in [6.07, 6.45) is 0. The molecule has 0 unspecified atom stereocenters. The molecule has 0 saturated heterocycles. The summed E-state index contributed by atoms with van der Waals surface area (Å²) in [6.45, 7) is 6.06. The van der Waals surface area contributed by atoms with Gasteiger partial charge < -0.3 is 10.6 Å². The Morgan fingerprint density at radius 3 is 2.56 bits per heavy atom. The van der Waals surface area contributed by atoms with Crippen molar-refractivity contribution in [1.82, 2.24) is 15.1 Å². The maximum Gasteiger partial charge on any atom is 0.324 e. The molecule has 2 aromatic rings. The molecule has 0 atom stereocenters. The highest BCUT2D eigenvalue weighted by atomic mass is 127. The number of carbonyl (C=O) groups excluding carboxylic acids is 2. The molecule has 1 heterocycles. The molecule has 0 spiro atoms. The minimum atomic E-state index is -0.429. The van der Waals surface area contributed by atoms with Crippen molar-refractivity contribution in [1.29, 1.82) is 0 Å². The lowest BCUT2D eigenvalue weighted by atomic mass is 9.92. The molecule has 27 heavy (non-hydrogen) atoms. The van der Waals surface area contributed by atoms with E-state index < -0.39 is 6.03 Å². The van der Waals surface area contributed by atoms with Crippen LogP contribution >= 0.6 is 34.2 Å². The van der Waals surface area contributed by atoms with Crippen LogP contribution in [0.1, 0.15) is 32.0 Å². The molecule has 0 aliphatic heterocycles. The molecular weight excluding hydrogens is 481 g/mol. The summed E-state index contributed by atoms with van der Waals surface area (Å²) in [7, 11) is 1.56. The number of aromatic nitrogens is 2. The summed E-state index contributed by atoms with van der Waals surface area (Å²) >= 11 is 8.39. The van der Waals surface area contributed by atoms with Crippen LogP contribution in [0, 0.1) is 0 Å². The lowest BCUT2D eigenvalue weighted by molar-refractivity contribution is -0.121. The number of alkyl halides is 1. The van der Waals surface area contributed by atoms with Gasteiger partial charge in [0, 0.05) is 39.2 Å². The minimum Gasteiger partial charge on any atom is -0.358 e. The van der Waals surface area contributed by atoms with E-state index in [4.69, 9.17) is 11.6 Å². The topological polar surface area (TPSA) is 88.1 Å². The largest absolute Gasteiger partial charge is 0.358 e. The number of likely N-dealkylation sites (N-methyl/N-ethyl adjacent to an activating group) is 1. The monoisotopic (exact) mass is 503 g/mol. The van der Waals surface area contributed by atoms with Gasteiger partial charge in [-0.3, -0.25) is 10.1 Å². The van der Waals surface area contributed by atoms with Gasteiger partial charge in [-0.05, 0) is 12.1 Å². The van der Waals surface area contributed by atoms with Gasteiger partial charge in [0.25, 0.3) is 0 Å². The van der Waals surface area contributed by atoms with Gasteiger partial charge in [-0.25, -0.2) is 9.48 Å². The molecule has 7 nitrogen and oxygen atoms in total. The number of nitrogens with zero attached hydrogens (tertiary/aromatic N) is 2. The summed E-state index contributed by atoms with van der Waals surface area (Å²) in [4.78, 5) is 24.3. The van der Waals surface area contributed by atoms with Crippen molar-refractivity contribution in [3.05, 3.63) is 40.5 Å². The number of halogens is 2. The lowest BCUT2D eigenvalue weighted by Gasteiger charge is -2.13. The molecule has 0 saturated carbocycles. The summed E-state index contributed by atoms with van der Waals surface area (Å²) in [5.41, 5.74) is 2.05. The second-order valence-corrected chi connectivity index (χ2v) is 8.14. The van der Waals surface area contributed by atoms with Crippen LogP contribution in [0.3, 0.4) is 0 Å². The third-order valence-corrected chi connectivity index (χ3v) is 4.98. The van der Waals surface area contributed by atoms with Crippen LogP contribution in [0.4, 0.5) is 16.3 Å². The predicted octanol–water partition coefficient (Wildman–Crippen LogP) is 4.16. The van der Waals surface area contributed by atoms with Gasteiger partial charge in [0.15, 0.2) is 0 Å². The van der Waals surface area contributed by atoms with Crippen molar-refractivity contribution >= 4 is 57.6 Å². The molecule has 0 aliphatic rings. The first-order valence-corrected chi connectivity index (χ1v) is 10.3. The molecule has 9 heteroatoms. The Bertz CT molecular complexity index is 845. The molecule has 0 radical (unpaired) electrons. The Balaban J connectivity index is 2.25. The van der Waals surface area contributed by atoms with E-state index in [9.17, 15) is 9.59 Å². The second kappa shape index (κ2) is 8.92. The number of anilines is 2. The molecule has 3 amide bonds. The summed E-state index contributed by atoms with van der Waals surface area (Å²) in [5, 5.41) is 13.2. The molecule has 1 aromatic carbocycles. The first kappa shape index (κ1) is 21.5. The predicted molar refractivity (Wildman–Crippen MR) is 117 cm³/mol. The number of hydrogen-bond donors (Lipinski definition) is 3. The van der Waals surface area contributed by atoms with E-state index in [0.717, 1.165) is 11.3 Å². The zero-order chi connectivity index (χ0) is 20.2. The van der Waals surface area contributed by atoms with Crippen LogP contribution in [0.15, 0.2) is 24.3 Å². The van der Waals surface area contributed by atoms with Gasteiger partial charge in [0.1, 0.15) is 12.4 Å². The highest BCUT2D eigenvalue weighted by Crippen LogP contribution is 2.27. The standard InChI is InChI=1S/C18H23ClIN5O2/c1-18(2,3)14-8-15(25(24-14)10-16(26)21-4)23-17(27)22-13-7-5-6-12(19)11(13)9-20/h5-8H,9-10H2,1-4H3,(H,21,26)(H2,22,23,27). The number of hydrogen-bond acceptors (Lipinski definition) is 3. The highest BCUT2D eigenvalue weighted by molar-refractivity contribution is 14.1. The number of carbonyl (C=O) groups is 2. The molecule has 1 aromatic heterocycles. The maximum absolute atomic E-state index is 12.5. The first-order valence-electron chi connectivity index (χ1n) is 8.36. The van der Waals surface area contributed by atoms with E-state index in [2.05, 4.69) is 43.6 Å². The van der Waals surface area contributed by atoms with Gasteiger partial charge in [-0.15, -0.1) is 0 Å². The Morgan fingerprint density at radius 1 is 1.26 bits per heavy atom. The Labute approximate surface area is 177 Å². The number of urea groups is 1. The zero-order valence-corrected chi connectivity index (χ0v) is 18.6. The van der Waals surface area contributed by atoms with Crippen molar-refractivity contribution in [3.63, 3.8) is 0 Å². The molecule has 0 bridgehead atoms. The van der Waals surface area contributed by atoms with E-state index in [1.807, 2.05) is 20.8 Å². The SMILES string of the molecule is CNC(=O)Cn1nc(C(C)(C)C)cc1NC(=O)Nc1cccc(Cl)c1CI. The van der Waals surface area contributed by atoms with Crippen molar-refractivity contribution in [3.8, 4) is 0 Å². The average molecular weight is 504 g/mol. The molecule has 3 N–H and O–H groups in total. The van der Waals surface area contributed by atoms with Crippen molar-refractivity contribution in [2.24, 2.45) is 0 Å². The van der Waals surface area contributed by atoms with E-state index in [0.29, 0.717) is 21.0 Å². The highest BCUT2D eigenvalue weighted by Gasteiger charge is 2.22. The summed E-state index contributed by atoms with van der Waals surface area (Å²) < 4.78 is 2.14. The van der Waals surface area contributed by atoms with Gasteiger partial charge in [0.2, 0.25) is 5.91 Å². The number of benzene rings is 1. The Hall–Kier alpha value is -1.81. The summed E-state index contributed by atoms with van der Waals surface area (Å²) in [5.74, 6) is 0.239. The Morgan fingerprint density at radius 2 is 1.96 bits per heavy atom. The van der Waals surface area contributed by atoms with E-state index in [1.54, 1.807) is 31.3 Å². The van der Waals surface area contributed by atoms with Gasteiger partial charge in [-0.1, -0.05) is 61.0 Å². The maximum atomic E-state index is 12.5. The smallest absolute Gasteiger partial charge is 0.324 e. The third kappa shape index (κ3) is 5.58. The van der Waals surface area contributed by atoms with Crippen LogP contribution in [0.2, 0.25) is 5.02 Å². The molecule has 0 aliphatic carbocycles. The van der Waals surface area contributed by atoms with Crippen LogP contribution in [-0.2, 0) is 21.2 Å². The Kier molecular flexibility index (Phi) is 7.10. The molecule has 2 rings (SSSR count). The van der Waals surface area contributed by atoms with Gasteiger partial charge >= 0.3 is 6.03 Å². The zero-order valence-electron chi connectivity index (χ0n) is 15.7. The van der Waals surface area contributed by atoms with Crippen LogP contribution < -0.4 is 16.0 Å². The second-order valence-electron chi connectivity index (χ2n) is 6.97. The fourth-order valence-corrected chi connectivity index (χ4v) is 3.59. The van der Waals surface area contributed by atoms with Crippen LogP contribution in [-0.4, -0.2) is 28.8 Å². The summed E-state index contributed by atoms with van der Waals surface area (Å²) in [6, 6.07) is 6.71. The lowest BCUT2D eigenvalue weighted by Crippen LogP contribution is -2.27. The van der Waals surface area contributed by atoms with Crippen molar-refractivity contribution in [2.75, 3.05) is 17.7 Å². The van der Waals surface area contributed by atoms with E-state index >= 15 is 0 Å². The molecule has 0 fully saturated rings. The number of nitrogens with one attached hydrogen (secondary N) is 3. The van der Waals surface area contributed by atoms with Crippen molar-refractivity contribution < 1.29 is 9.59 Å². The minimum absolute atomic E-state index is 0.0123. The van der Waals surface area contributed by atoms with Gasteiger partial charge in [-0.2, -0.15) is 5.10 Å².